The lowest BCUT2D eigenvalue weighted by Gasteiger charge is -2.25. The molecule has 0 saturated carbocycles. The van der Waals surface area contributed by atoms with Crippen molar-refractivity contribution in [3.05, 3.63) is 27.4 Å². The summed E-state index contributed by atoms with van der Waals surface area (Å²) in [6.07, 6.45) is 3.30. The molecule has 0 saturated heterocycles. The third-order valence-electron chi connectivity index (χ3n) is 5.12. The minimum Gasteiger partial charge on any atom is -0.478 e. The number of rotatable bonds is 1. The molecule has 4 heterocycles. The van der Waals surface area contributed by atoms with Crippen molar-refractivity contribution in [2.75, 3.05) is 0 Å². The Labute approximate surface area is 147 Å². The summed E-state index contributed by atoms with van der Waals surface area (Å²) in [6, 6.07) is 0. The standard InChI is InChI=1S/C18H16N2O4S/c1-7-11-14(12-8(2)20-24-18(12)23-15(11)17(21)22)13-9-5-3-4-6-10(9)25-16(13)19-7/h15H,3-6H2,1-2H3,(H,21,22). The number of ether oxygens (including phenoxy) is 1. The van der Waals surface area contributed by atoms with Gasteiger partial charge in [0.2, 0.25) is 6.10 Å². The van der Waals surface area contributed by atoms with Gasteiger partial charge in [0.25, 0.3) is 0 Å². The van der Waals surface area contributed by atoms with Crippen molar-refractivity contribution in [2.24, 2.45) is 0 Å². The molecule has 1 unspecified atom stereocenters. The van der Waals surface area contributed by atoms with Crippen molar-refractivity contribution < 1.29 is 19.2 Å². The first-order valence-corrected chi connectivity index (χ1v) is 9.18. The molecule has 3 aromatic heterocycles. The molecule has 0 amide bonds. The number of hydrogen-bond donors (Lipinski definition) is 1. The Morgan fingerprint density at radius 1 is 1.20 bits per heavy atom. The van der Waals surface area contributed by atoms with Crippen LogP contribution in [0.2, 0.25) is 0 Å². The maximum absolute atomic E-state index is 11.8. The van der Waals surface area contributed by atoms with E-state index in [9.17, 15) is 9.90 Å². The minimum atomic E-state index is -1.12. The number of aryl methyl sites for hydroxylation is 4. The third-order valence-corrected chi connectivity index (χ3v) is 6.31. The first kappa shape index (κ1) is 14.9. The number of fused-ring (bicyclic) bond motifs is 7. The second-order valence-electron chi connectivity index (χ2n) is 6.64. The first-order valence-electron chi connectivity index (χ1n) is 8.37. The number of nitrogens with zero attached hydrogens (tertiary/aromatic N) is 2. The highest BCUT2D eigenvalue weighted by Crippen LogP contribution is 2.51. The third kappa shape index (κ3) is 1.93. The Bertz CT molecular complexity index is 1050. The van der Waals surface area contributed by atoms with E-state index in [4.69, 9.17) is 14.2 Å². The Hall–Kier alpha value is -2.41. The molecule has 6 nitrogen and oxygen atoms in total. The Morgan fingerprint density at radius 3 is 2.80 bits per heavy atom. The molecule has 0 bridgehead atoms. The molecule has 0 radical (unpaired) electrons. The summed E-state index contributed by atoms with van der Waals surface area (Å²) in [6.45, 7) is 3.71. The molecule has 0 fully saturated rings. The van der Waals surface area contributed by atoms with Gasteiger partial charge in [-0.3, -0.25) is 0 Å². The summed E-state index contributed by atoms with van der Waals surface area (Å²) in [4.78, 5) is 18.9. The number of aromatic nitrogens is 2. The van der Waals surface area contributed by atoms with Crippen LogP contribution in [0.4, 0.5) is 0 Å². The Balaban J connectivity index is 1.96. The lowest BCUT2D eigenvalue weighted by molar-refractivity contribution is -0.146. The van der Waals surface area contributed by atoms with Gasteiger partial charge in [-0.15, -0.1) is 11.3 Å². The molecule has 0 aromatic carbocycles. The van der Waals surface area contributed by atoms with Gasteiger partial charge in [-0.2, -0.15) is 0 Å². The number of pyridine rings is 1. The summed E-state index contributed by atoms with van der Waals surface area (Å²) in [5, 5.41) is 14.8. The van der Waals surface area contributed by atoms with E-state index < -0.39 is 12.1 Å². The van der Waals surface area contributed by atoms with Crippen LogP contribution in [0.15, 0.2) is 4.52 Å². The van der Waals surface area contributed by atoms with Crippen LogP contribution < -0.4 is 4.74 Å². The molecule has 25 heavy (non-hydrogen) atoms. The Kier molecular flexibility index (Phi) is 3.01. The average Bonchev–Trinajstić information content (AvgIpc) is 3.14. The molecule has 1 aliphatic carbocycles. The van der Waals surface area contributed by atoms with Gasteiger partial charge in [0.15, 0.2) is 0 Å². The Morgan fingerprint density at radius 2 is 2.00 bits per heavy atom. The van der Waals surface area contributed by atoms with E-state index in [0.717, 1.165) is 40.6 Å². The zero-order valence-corrected chi connectivity index (χ0v) is 14.7. The van der Waals surface area contributed by atoms with Crippen LogP contribution in [-0.4, -0.2) is 21.2 Å². The fourth-order valence-electron chi connectivity index (χ4n) is 4.05. The summed E-state index contributed by atoms with van der Waals surface area (Å²) in [5.74, 6) is -0.852. The van der Waals surface area contributed by atoms with Crippen molar-refractivity contribution in [1.29, 1.82) is 0 Å². The van der Waals surface area contributed by atoms with Gasteiger partial charge in [-0.25, -0.2) is 9.78 Å². The fourth-order valence-corrected chi connectivity index (χ4v) is 5.37. The molecule has 1 atom stereocenters. The molecule has 7 heteroatoms. The maximum atomic E-state index is 11.8. The number of carboxylic acids is 1. The van der Waals surface area contributed by atoms with E-state index in [2.05, 4.69) is 5.16 Å². The second-order valence-corrected chi connectivity index (χ2v) is 7.73. The fraction of sp³-hybridized carbons (Fsp3) is 0.389. The molecule has 3 aromatic rings. The number of thiophene rings is 1. The molecule has 1 aliphatic heterocycles. The average molecular weight is 356 g/mol. The van der Waals surface area contributed by atoms with E-state index in [-0.39, 0.29) is 5.95 Å². The highest BCUT2D eigenvalue weighted by atomic mass is 32.1. The summed E-state index contributed by atoms with van der Waals surface area (Å²) in [7, 11) is 0. The summed E-state index contributed by atoms with van der Waals surface area (Å²) < 4.78 is 10.9. The van der Waals surface area contributed by atoms with Crippen LogP contribution in [0.25, 0.3) is 21.3 Å². The minimum absolute atomic E-state index is 0.194. The molecule has 5 rings (SSSR count). The molecular weight excluding hydrogens is 340 g/mol. The zero-order chi connectivity index (χ0) is 17.3. The monoisotopic (exact) mass is 356 g/mol. The van der Waals surface area contributed by atoms with Gasteiger partial charge in [-0.05, 0) is 45.1 Å². The maximum Gasteiger partial charge on any atom is 0.349 e. The topological polar surface area (TPSA) is 85.5 Å². The van der Waals surface area contributed by atoms with Gasteiger partial charge in [-0.1, -0.05) is 5.16 Å². The van der Waals surface area contributed by atoms with Crippen molar-refractivity contribution in [2.45, 2.75) is 45.6 Å². The summed E-state index contributed by atoms with van der Waals surface area (Å²) >= 11 is 1.73. The normalized spacial score (nSPS) is 18.4. The number of carboxylic acid groups (broad SMARTS) is 1. The predicted molar refractivity (Wildman–Crippen MR) is 92.2 cm³/mol. The van der Waals surface area contributed by atoms with Crippen molar-refractivity contribution in [3.8, 4) is 17.1 Å². The van der Waals surface area contributed by atoms with E-state index in [1.807, 2.05) is 13.8 Å². The smallest absolute Gasteiger partial charge is 0.349 e. The van der Waals surface area contributed by atoms with Gasteiger partial charge in [0.1, 0.15) is 4.83 Å². The van der Waals surface area contributed by atoms with Crippen molar-refractivity contribution in [3.63, 3.8) is 0 Å². The summed E-state index contributed by atoms with van der Waals surface area (Å²) in [5.41, 5.74) is 5.02. The highest BCUT2D eigenvalue weighted by Gasteiger charge is 2.39. The van der Waals surface area contributed by atoms with Crippen molar-refractivity contribution >= 4 is 27.5 Å². The highest BCUT2D eigenvalue weighted by molar-refractivity contribution is 7.19. The van der Waals surface area contributed by atoms with Crippen LogP contribution in [-0.2, 0) is 17.6 Å². The van der Waals surface area contributed by atoms with Crippen LogP contribution >= 0.6 is 11.3 Å². The lowest BCUT2D eigenvalue weighted by atomic mass is 9.87. The van der Waals surface area contributed by atoms with E-state index in [0.29, 0.717) is 17.0 Å². The molecular formula is C18H16N2O4S. The van der Waals surface area contributed by atoms with Gasteiger partial charge in [0, 0.05) is 27.1 Å². The molecule has 2 aliphatic rings. The quantitative estimate of drug-likeness (QED) is 0.710. The van der Waals surface area contributed by atoms with Crippen LogP contribution in [0.5, 0.6) is 5.95 Å². The lowest BCUT2D eigenvalue weighted by Crippen LogP contribution is -2.23. The van der Waals surface area contributed by atoms with Crippen LogP contribution in [0.1, 0.15) is 46.3 Å². The number of carbonyl (C=O) groups is 1. The molecule has 1 N–H and O–H groups in total. The number of aliphatic carboxylic acids is 1. The van der Waals surface area contributed by atoms with Gasteiger partial charge >= 0.3 is 11.9 Å². The van der Waals surface area contributed by atoms with E-state index in [1.54, 1.807) is 11.3 Å². The second kappa shape index (κ2) is 5.05. The van der Waals surface area contributed by atoms with Crippen molar-refractivity contribution in [1.82, 2.24) is 10.1 Å². The SMILES string of the molecule is Cc1noc2c1-c1c(c(C)nc3sc4c(c13)CCCC4)C(C(=O)O)O2. The molecule has 128 valence electrons. The van der Waals surface area contributed by atoms with E-state index in [1.165, 1.54) is 16.9 Å². The van der Waals surface area contributed by atoms with Gasteiger partial charge < -0.3 is 14.4 Å². The molecule has 0 spiro atoms. The van der Waals surface area contributed by atoms with Crippen LogP contribution in [0.3, 0.4) is 0 Å². The first-order chi connectivity index (χ1) is 12.1. The van der Waals surface area contributed by atoms with Gasteiger partial charge in [0.05, 0.1) is 11.3 Å². The zero-order valence-electron chi connectivity index (χ0n) is 13.9. The predicted octanol–water partition coefficient (Wildman–Crippen LogP) is 3.97. The largest absolute Gasteiger partial charge is 0.478 e. The number of hydrogen-bond acceptors (Lipinski definition) is 6. The van der Waals surface area contributed by atoms with Crippen LogP contribution in [0, 0.1) is 13.8 Å². The van der Waals surface area contributed by atoms with E-state index >= 15 is 0 Å².